The Morgan fingerprint density at radius 1 is 1.11 bits per heavy atom. The van der Waals surface area contributed by atoms with E-state index in [2.05, 4.69) is 32.5 Å². The Labute approximate surface area is 192 Å². The molecule has 162 valence electrons. The average molecular weight is 524 g/mol. The second kappa shape index (κ2) is 12.5. The van der Waals surface area contributed by atoms with Crippen molar-refractivity contribution >= 4 is 47.6 Å². The van der Waals surface area contributed by atoms with Gasteiger partial charge in [-0.3, -0.25) is 9.79 Å². The molecule has 0 aromatic heterocycles. The summed E-state index contributed by atoms with van der Waals surface area (Å²) in [4.78, 5) is 21.6. The predicted molar refractivity (Wildman–Crippen MR) is 130 cm³/mol. The zero-order valence-corrected chi connectivity index (χ0v) is 20.6. The number of hydrogen-bond acceptors (Lipinski definition) is 4. The van der Waals surface area contributed by atoms with Crippen LogP contribution >= 0.6 is 35.7 Å². The molecule has 1 unspecified atom stereocenters. The fourth-order valence-corrected chi connectivity index (χ4v) is 5.50. The molecule has 6 nitrogen and oxygen atoms in total. The molecule has 1 aliphatic carbocycles. The van der Waals surface area contributed by atoms with Gasteiger partial charge in [0.1, 0.15) is 0 Å². The topological polar surface area (TPSA) is 60.0 Å². The molecule has 2 aliphatic heterocycles. The minimum absolute atomic E-state index is 0. The highest BCUT2D eigenvalue weighted by molar-refractivity contribution is 14.0. The maximum absolute atomic E-state index is 12.7. The fraction of sp³-hybridized carbons (Fsp3) is 0.900. The number of aliphatic imine (C=N–C) groups is 1. The Hall–Kier alpha value is -0.220. The second-order valence-corrected chi connectivity index (χ2v) is 9.58. The van der Waals surface area contributed by atoms with E-state index < -0.39 is 0 Å². The van der Waals surface area contributed by atoms with Crippen molar-refractivity contribution in [1.29, 1.82) is 0 Å². The number of rotatable bonds is 4. The first-order chi connectivity index (χ1) is 13.2. The maximum Gasteiger partial charge on any atom is 0.225 e. The van der Waals surface area contributed by atoms with Gasteiger partial charge in [0.2, 0.25) is 5.91 Å². The van der Waals surface area contributed by atoms with E-state index in [9.17, 15) is 4.79 Å². The normalized spacial score (nSPS) is 29.7. The number of likely N-dealkylation sites (tertiary alicyclic amines) is 1. The molecule has 2 saturated heterocycles. The maximum atomic E-state index is 12.7. The van der Waals surface area contributed by atoms with Crippen LogP contribution in [-0.2, 0) is 4.79 Å². The first kappa shape index (κ1) is 24.1. The van der Waals surface area contributed by atoms with Crippen molar-refractivity contribution in [1.82, 2.24) is 20.4 Å². The molecule has 0 aromatic rings. The number of carbonyl (C=O) groups excluding carboxylic acids is 1. The summed E-state index contributed by atoms with van der Waals surface area (Å²) in [6.45, 7) is 5.27. The van der Waals surface area contributed by atoms with Crippen LogP contribution in [0.4, 0.5) is 0 Å². The number of hydrogen-bond donors (Lipinski definition) is 2. The largest absolute Gasteiger partial charge is 0.356 e. The van der Waals surface area contributed by atoms with Crippen molar-refractivity contribution in [2.75, 3.05) is 58.3 Å². The highest BCUT2D eigenvalue weighted by Gasteiger charge is 2.30. The average Bonchev–Trinajstić information content (AvgIpc) is 2.72. The molecule has 0 radical (unpaired) electrons. The van der Waals surface area contributed by atoms with Crippen LogP contribution in [0.3, 0.4) is 0 Å². The van der Waals surface area contributed by atoms with Crippen molar-refractivity contribution in [2.24, 2.45) is 16.8 Å². The second-order valence-electron chi connectivity index (χ2n) is 8.35. The van der Waals surface area contributed by atoms with Gasteiger partial charge in [0.25, 0.3) is 0 Å². The smallest absolute Gasteiger partial charge is 0.225 e. The van der Waals surface area contributed by atoms with Gasteiger partial charge in [-0.05, 0) is 58.0 Å². The monoisotopic (exact) mass is 523 g/mol. The highest BCUT2D eigenvalue weighted by atomic mass is 127. The summed E-state index contributed by atoms with van der Waals surface area (Å²) in [5.74, 6) is 4.46. The third kappa shape index (κ3) is 7.23. The number of thioether (sulfide) groups is 1. The number of halogens is 1. The van der Waals surface area contributed by atoms with E-state index in [4.69, 9.17) is 0 Å². The predicted octanol–water partition coefficient (Wildman–Crippen LogP) is 2.25. The molecule has 2 heterocycles. The molecule has 0 aromatic carbocycles. The first-order valence-corrected chi connectivity index (χ1v) is 11.8. The molecular formula is C20H38IN5OS. The van der Waals surface area contributed by atoms with Gasteiger partial charge < -0.3 is 20.4 Å². The first-order valence-electron chi connectivity index (χ1n) is 10.7. The molecule has 0 bridgehead atoms. The zero-order valence-electron chi connectivity index (χ0n) is 17.5. The third-order valence-corrected chi connectivity index (χ3v) is 7.19. The van der Waals surface area contributed by atoms with Crippen LogP contribution in [0.5, 0.6) is 0 Å². The van der Waals surface area contributed by atoms with Crippen molar-refractivity contribution in [3.05, 3.63) is 0 Å². The quantitative estimate of drug-likeness (QED) is 0.337. The van der Waals surface area contributed by atoms with E-state index >= 15 is 0 Å². The van der Waals surface area contributed by atoms with Gasteiger partial charge in [-0.2, -0.15) is 11.8 Å². The van der Waals surface area contributed by atoms with Gasteiger partial charge in [0, 0.05) is 56.7 Å². The van der Waals surface area contributed by atoms with Crippen LogP contribution in [0.2, 0.25) is 0 Å². The molecule has 1 amide bonds. The Bertz CT molecular complexity index is 507. The summed E-state index contributed by atoms with van der Waals surface area (Å²) < 4.78 is 0. The summed E-state index contributed by atoms with van der Waals surface area (Å²) in [5.41, 5.74) is 0. The number of carbonyl (C=O) groups is 1. The molecule has 28 heavy (non-hydrogen) atoms. The molecule has 1 saturated carbocycles. The number of amides is 1. The van der Waals surface area contributed by atoms with E-state index in [1.54, 1.807) is 0 Å². The number of piperidine rings is 1. The van der Waals surface area contributed by atoms with Crippen LogP contribution in [0.1, 0.15) is 38.5 Å². The third-order valence-electron chi connectivity index (χ3n) is 6.24. The molecule has 3 rings (SSSR count). The standard InChI is InChI=1S/C20H37N5OS.HI/c1-21-20(22-14-16-4-3-9-24(2)15-16)23-18-7-5-17(6-8-18)19(26)25-10-12-27-13-11-25;/h16-18H,3-15H2,1-2H3,(H2,21,22,23);1H. The number of guanidine groups is 1. The van der Waals surface area contributed by atoms with Crippen molar-refractivity contribution in [2.45, 2.75) is 44.6 Å². The Morgan fingerprint density at radius 3 is 2.46 bits per heavy atom. The molecule has 8 heteroatoms. The van der Waals surface area contributed by atoms with Crippen LogP contribution in [0.15, 0.2) is 4.99 Å². The lowest BCUT2D eigenvalue weighted by molar-refractivity contribution is -0.136. The Kier molecular flexibility index (Phi) is 10.7. The SMILES string of the molecule is CN=C(NCC1CCCN(C)C1)NC1CCC(C(=O)N2CCSCC2)CC1.I. The van der Waals surface area contributed by atoms with E-state index in [0.717, 1.165) is 62.8 Å². The van der Waals surface area contributed by atoms with Gasteiger partial charge >= 0.3 is 0 Å². The molecular weight excluding hydrogens is 485 g/mol. The number of nitrogens with one attached hydrogen (secondary N) is 2. The van der Waals surface area contributed by atoms with Gasteiger partial charge in [-0.1, -0.05) is 0 Å². The zero-order chi connectivity index (χ0) is 19.1. The van der Waals surface area contributed by atoms with E-state index in [0.29, 0.717) is 17.9 Å². The van der Waals surface area contributed by atoms with Crippen LogP contribution < -0.4 is 10.6 Å². The molecule has 0 spiro atoms. The summed E-state index contributed by atoms with van der Waals surface area (Å²) in [5, 5.41) is 7.12. The lowest BCUT2D eigenvalue weighted by atomic mass is 9.85. The van der Waals surface area contributed by atoms with Gasteiger partial charge in [-0.15, -0.1) is 24.0 Å². The summed E-state index contributed by atoms with van der Waals surface area (Å²) >= 11 is 1.96. The van der Waals surface area contributed by atoms with Crippen molar-refractivity contribution < 1.29 is 4.79 Å². The minimum Gasteiger partial charge on any atom is -0.356 e. The van der Waals surface area contributed by atoms with E-state index in [1.807, 2.05) is 18.8 Å². The Balaban J connectivity index is 0.00000280. The van der Waals surface area contributed by atoms with Crippen LogP contribution in [-0.4, -0.2) is 86.0 Å². The molecule has 2 N–H and O–H groups in total. The lowest BCUT2D eigenvalue weighted by Gasteiger charge is -2.34. The minimum atomic E-state index is 0. The summed E-state index contributed by atoms with van der Waals surface area (Å²) in [7, 11) is 4.06. The van der Waals surface area contributed by atoms with Crippen molar-refractivity contribution in [3.63, 3.8) is 0 Å². The molecule has 1 atom stereocenters. The van der Waals surface area contributed by atoms with Gasteiger partial charge in [0.05, 0.1) is 0 Å². The molecule has 3 fully saturated rings. The molecule has 3 aliphatic rings. The number of nitrogens with zero attached hydrogens (tertiary/aromatic N) is 3. The van der Waals surface area contributed by atoms with E-state index in [1.165, 1.54) is 25.9 Å². The Morgan fingerprint density at radius 2 is 1.82 bits per heavy atom. The lowest BCUT2D eigenvalue weighted by Crippen LogP contribution is -2.49. The van der Waals surface area contributed by atoms with Crippen LogP contribution in [0, 0.1) is 11.8 Å². The fourth-order valence-electron chi connectivity index (χ4n) is 4.60. The van der Waals surface area contributed by atoms with Gasteiger partial charge in [0.15, 0.2) is 5.96 Å². The highest BCUT2D eigenvalue weighted by Crippen LogP contribution is 2.27. The summed E-state index contributed by atoms with van der Waals surface area (Å²) in [6.07, 6.45) is 6.73. The van der Waals surface area contributed by atoms with Gasteiger partial charge in [-0.25, -0.2) is 0 Å². The van der Waals surface area contributed by atoms with Crippen molar-refractivity contribution in [3.8, 4) is 0 Å². The summed E-state index contributed by atoms with van der Waals surface area (Å²) in [6, 6.07) is 0.436. The van der Waals surface area contributed by atoms with E-state index in [-0.39, 0.29) is 29.9 Å². The van der Waals surface area contributed by atoms with Crippen LogP contribution in [0.25, 0.3) is 0 Å².